The van der Waals surface area contributed by atoms with Gasteiger partial charge in [0.15, 0.2) is 11.5 Å². The minimum absolute atomic E-state index is 0.0565. The van der Waals surface area contributed by atoms with Crippen molar-refractivity contribution in [3.63, 3.8) is 0 Å². The van der Waals surface area contributed by atoms with Crippen LogP contribution in [0, 0.1) is 12.3 Å². The molecule has 6 nitrogen and oxygen atoms in total. The Hall–Kier alpha value is -2.50. The van der Waals surface area contributed by atoms with Crippen LogP contribution < -0.4 is 14.8 Å². The van der Waals surface area contributed by atoms with Crippen molar-refractivity contribution in [1.29, 1.82) is 0 Å². The molecule has 0 atom stereocenters. The summed E-state index contributed by atoms with van der Waals surface area (Å²) < 4.78 is 10.7. The van der Waals surface area contributed by atoms with E-state index in [2.05, 4.69) is 15.5 Å². The van der Waals surface area contributed by atoms with Crippen LogP contribution in [-0.4, -0.2) is 22.9 Å². The molecule has 1 amide bonds. The van der Waals surface area contributed by atoms with Crippen LogP contribution in [-0.2, 0) is 4.79 Å². The van der Waals surface area contributed by atoms with Crippen molar-refractivity contribution in [1.82, 2.24) is 10.2 Å². The maximum atomic E-state index is 12.3. The molecule has 2 aromatic rings. The summed E-state index contributed by atoms with van der Waals surface area (Å²) in [6.45, 7) is 7.72. The zero-order valence-electron chi connectivity index (χ0n) is 13.1. The average molecular weight is 301 g/mol. The lowest BCUT2D eigenvalue weighted by Crippen LogP contribution is -2.28. The van der Waals surface area contributed by atoms with Crippen molar-refractivity contribution >= 4 is 11.6 Å². The number of aryl methyl sites for hydroxylation is 1. The molecule has 116 valence electrons. The number of H-pyrrole nitrogens is 1. The van der Waals surface area contributed by atoms with Crippen molar-refractivity contribution in [3.05, 3.63) is 23.9 Å². The van der Waals surface area contributed by atoms with Crippen molar-refractivity contribution in [2.75, 3.05) is 12.1 Å². The standard InChI is InChI=1S/C16H19N3O3/c1-9-13(17-15(20)16(2,3)4)14(19-18-9)10-5-6-11-12(7-10)22-8-21-11/h5-7H,8H2,1-4H3,(H,17,20)(H,18,19). The third-order valence-electron chi connectivity index (χ3n) is 3.51. The molecule has 22 heavy (non-hydrogen) atoms. The molecule has 2 heterocycles. The van der Waals surface area contributed by atoms with Crippen molar-refractivity contribution in [3.8, 4) is 22.8 Å². The van der Waals surface area contributed by atoms with Crippen LogP contribution >= 0.6 is 0 Å². The van der Waals surface area contributed by atoms with E-state index in [4.69, 9.17) is 9.47 Å². The zero-order chi connectivity index (χ0) is 15.9. The summed E-state index contributed by atoms with van der Waals surface area (Å²) in [6, 6.07) is 5.61. The number of ether oxygens (including phenoxy) is 2. The molecule has 0 saturated carbocycles. The van der Waals surface area contributed by atoms with E-state index in [1.807, 2.05) is 45.9 Å². The van der Waals surface area contributed by atoms with Crippen LogP contribution in [0.4, 0.5) is 5.69 Å². The number of fused-ring (bicyclic) bond motifs is 1. The summed E-state index contributed by atoms with van der Waals surface area (Å²) >= 11 is 0. The number of anilines is 1. The first-order chi connectivity index (χ1) is 10.4. The van der Waals surface area contributed by atoms with Gasteiger partial charge in [0.25, 0.3) is 0 Å². The molecule has 0 unspecified atom stereocenters. The van der Waals surface area contributed by atoms with Crippen LogP contribution in [0.15, 0.2) is 18.2 Å². The van der Waals surface area contributed by atoms with Crippen molar-refractivity contribution in [2.24, 2.45) is 5.41 Å². The van der Waals surface area contributed by atoms with E-state index in [0.717, 1.165) is 17.0 Å². The molecule has 1 aliphatic rings. The van der Waals surface area contributed by atoms with Gasteiger partial charge < -0.3 is 14.8 Å². The van der Waals surface area contributed by atoms with Gasteiger partial charge in [0.1, 0.15) is 5.69 Å². The fourth-order valence-corrected chi connectivity index (χ4v) is 2.14. The Kier molecular flexibility index (Phi) is 3.31. The third-order valence-corrected chi connectivity index (χ3v) is 3.51. The number of hydrogen-bond acceptors (Lipinski definition) is 4. The Morgan fingerprint density at radius 1 is 1.27 bits per heavy atom. The maximum Gasteiger partial charge on any atom is 0.231 e. The lowest BCUT2D eigenvalue weighted by molar-refractivity contribution is -0.123. The molecule has 0 radical (unpaired) electrons. The van der Waals surface area contributed by atoms with Crippen LogP contribution in [0.5, 0.6) is 11.5 Å². The van der Waals surface area contributed by atoms with Gasteiger partial charge in [0, 0.05) is 11.0 Å². The minimum Gasteiger partial charge on any atom is -0.454 e. The molecular weight excluding hydrogens is 282 g/mol. The SMILES string of the molecule is Cc1[nH]nc(-c2ccc3c(c2)OCO3)c1NC(=O)C(C)(C)C. The normalized spacial score (nSPS) is 13.3. The second-order valence-electron chi connectivity index (χ2n) is 6.34. The van der Waals surface area contributed by atoms with Crippen LogP contribution in [0.3, 0.4) is 0 Å². The fraction of sp³-hybridized carbons (Fsp3) is 0.375. The molecule has 1 aliphatic heterocycles. The minimum atomic E-state index is -0.476. The Morgan fingerprint density at radius 3 is 2.73 bits per heavy atom. The summed E-state index contributed by atoms with van der Waals surface area (Å²) in [4.78, 5) is 12.3. The molecule has 1 aromatic heterocycles. The first kappa shape index (κ1) is 14.4. The topological polar surface area (TPSA) is 76.2 Å². The lowest BCUT2D eigenvalue weighted by Gasteiger charge is -2.18. The van der Waals surface area contributed by atoms with Crippen LogP contribution in [0.1, 0.15) is 26.5 Å². The average Bonchev–Trinajstić information content (AvgIpc) is 3.04. The first-order valence-electron chi connectivity index (χ1n) is 7.12. The van der Waals surface area contributed by atoms with Gasteiger partial charge in [-0.05, 0) is 25.1 Å². The number of aromatic nitrogens is 2. The van der Waals surface area contributed by atoms with E-state index in [0.29, 0.717) is 17.1 Å². The zero-order valence-corrected chi connectivity index (χ0v) is 13.1. The monoisotopic (exact) mass is 301 g/mol. The summed E-state index contributed by atoms with van der Waals surface area (Å²) in [5, 5.41) is 10.2. The third kappa shape index (κ3) is 2.52. The molecule has 0 saturated heterocycles. The highest BCUT2D eigenvalue weighted by atomic mass is 16.7. The van der Waals surface area contributed by atoms with Gasteiger partial charge in [0.05, 0.1) is 11.4 Å². The Balaban J connectivity index is 1.97. The van der Waals surface area contributed by atoms with E-state index in [1.165, 1.54) is 0 Å². The highest BCUT2D eigenvalue weighted by molar-refractivity contribution is 5.98. The Morgan fingerprint density at radius 2 is 2.00 bits per heavy atom. The van der Waals surface area contributed by atoms with Crippen molar-refractivity contribution < 1.29 is 14.3 Å². The summed E-state index contributed by atoms with van der Waals surface area (Å²) in [6.07, 6.45) is 0. The first-order valence-corrected chi connectivity index (χ1v) is 7.12. The number of aromatic amines is 1. The van der Waals surface area contributed by atoms with E-state index in [1.54, 1.807) is 0 Å². The molecule has 0 bridgehead atoms. The Labute approximate surface area is 128 Å². The van der Waals surface area contributed by atoms with E-state index in [-0.39, 0.29) is 12.7 Å². The number of nitrogens with one attached hydrogen (secondary N) is 2. The van der Waals surface area contributed by atoms with Crippen molar-refractivity contribution in [2.45, 2.75) is 27.7 Å². The smallest absolute Gasteiger partial charge is 0.231 e. The van der Waals surface area contributed by atoms with Gasteiger partial charge in [-0.15, -0.1) is 0 Å². The Bertz CT molecular complexity index is 729. The van der Waals surface area contributed by atoms with Gasteiger partial charge in [-0.25, -0.2) is 0 Å². The highest BCUT2D eigenvalue weighted by Gasteiger charge is 2.25. The quantitative estimate of drug-likeness (QED) is 0.893. The van der Waals surface area contributed by atoms with Gasteiger partial charge >= 0.3 is 0 Å². The van der Waals surface area contributed by atoms with E-state index in [9.17, 15) is 4.79 Å². The molecule has 0 aliphatic carbocycles. The second-order valence-corrected chi connectivity index (χ2v) is 6.34. The summed E-state index contributed by atoms with van der Waals surface area (Å²) in [5.74, 6) is 1.35. The molecule has 6 heteroatoms. The fourth-order valence-electron chi connectivity index (χ4n) is 2.14. The molecule has 0 fully saturated rings. The van der Waals surface area contributed by atoms with Crippen LogP contribution in [0.25, 0.3) is 11.3 Å². The molecule has 0 spiro atoms. The molecule has 3 rings (SSSR count). The van der Waals surface area contributed by atoms with Gasteiger partial charge in [-0.3, -0.25) is 9.89 Å². The lowest BCUT2D eigenvalue weighted by atomic mass is 9.95. The molecule has 1 aromatic carbocycles. The number of benzene rings is 1. The van der Waals surface area contributed by atoms with Crippen LogP contribution in [0.2, 0.25) is 0 Å². The number of hydrogen-bond donors (Lipinski definition) is 2. The number of rotatable bonds is 2. The second kappa shape index (κ2) is 5.05. The number of nitrogens with zero attached hydrogens (tertiary/aromatic N) is 1. The number of carbonyl (C=O) groups excluding carboxylic acids is 1. The van der Waals surface area contributed by atoms with Gasteiger partial charge in [0.2, 0.25) is 12.7 Å². The molecule has 2 N–H and O–H groups in total. The van der Waals surface area contributed by atoms with E-state index >= 15 is 0 Å². The summed E-state index contributed by atoms with van der Waals surface area (Å²) in [5.41, 5.74) is 2.57. The summed E-state index contributed by atoms with van der Waals surface area (Å²) in [7, 11) is 0. The maximum absolute atomic E-state index is 12.3. The van der Waals surface area contributed by atoms with E-state index < -0.39 is 5.41 Å². The predicted molar refractivity (Wildman–Crippen MR) is 83.0 cm³/mol. The van der Waals surface area contributed by atoms with Gasteiger partial charge in [-0.1, -0.05) is 20.8 Å². The predicted octanol–water partition coefficient (Wildman–Crippen LogP) is 3.10. The largest absolute Gasteiger partial charge is 0.454 e. The highest BCUT2D eigenvalue weighted by Crippen LogP contribution is 2.38. The van der Waals surface area contributed by atoms with Gasteiger partial charge in [-0.2, -0.15) is 5.10 Å². The molecular formula is C16H19N3O3. The number of amides is 1. The number of carbonyl (C=O) groups is 1.